The summed E-state index contributed by atoms with van der Waals surface area (Å²) in [5.74, 6) is -0.382. The topological polar surface area (TPSA) is 42.1 Å². The third kappa shape index (κ3) is 1.88. The molecule has 16 heavy (non-hydrogen) atoms. The summed E-state index contributed by atoms with van der Waals surface area (Å²) >= 11 is 11.9. The van der Waals surface area contributed by atoms with Crippen molar-refractivity contribution in [1.82, 2.24) is 4.98 Å². The Morgan fingerprint density at radius 2 is 2.19 bits per heavy atom. The molecule has 0 unspecified atom stereocenters. The maximum absolute atomic E-state index is 11.6. The first-order valence-corrected chi connectivity index (χ1v) is 5.52. The van der Waals surface area contributed by atoms with Gasteiger partial charge < -0.3 is 9.72 Å². The van der Waals surface area contributed by atoms with Gasteiger partial charge in [0.1, 0.15) is 0 Å². The van der Waals surface area contributed by atoms with Crippen LogP contribution in [0.4, 0.5) is 0 Å². The number of benzene rings is 1. The van der Waals surface area contributed by atoms with Crippen molar-refractivity contribution < 1.29 is 9.53 Å². The van der Waals surface area contributed by atoms with E-state index < -0.39 is 0 Å². The molecule has 1 aromatic heterocycles. The molecule has 0 radical (unpaired) electrons. The molecule has 0 bridgehead atoms. The second kappa shape index (κ2) is 4.36. The van der Waals surface area contributed by atoms with Crippen molar-refractivity contribution in [2.24, 2.45) is 0 Å². The van der Waals surface area contributed by atoms with E-state index in [1.54, 1.807) is 25.3 Å². The zero-order chi connectivity index (χ0) is 11.7. The molecule has 84 valence electrons. The smallest absolute Gasteiger partial charge is 0.340 e. The summed E-state index contributed by atoms with van der Waals surface area (Å²) in [6.07, 6.45) is 1.57. The number of hydrogen-bond acceptors (Lipinski definition) is 2. The van der Waals surface area contributed by atoms with Crippen LogP contribution in [0.2, 0.25) is 10.0 Å². The van der Waals surface area contributed by atoms with Gasteiger partial charge in [0, 0.05) is 16.6 Å². The molecule has 1 N–H and O–H groups in total. The van der Waals surface area contributed by atoms with Gasteiger partial charge in [-0.3, -0.25) is 0 Å². The summed E-state index contributed by atoms with van der Waals surface area (Å²) in [6.45, 7) is 2.09. The largest absolute Gasteiger partial charge is 0.462 e. The lowest BCUT2D eigenvalue weighted by molar-refractivity contribution is 0.0529. The summed E-state index contributed by atoms with van der Waals surface area (Å²) in [4.78, 5) is 14.5. The lowest BCUT2D eigenvalue weighted by atomic mass is 10.2. The van der Waals surface area contributed by atoms with Gasteiger partial charge >= 0.3 is 5.97 Å². The number of fused-ring (bicyclic) bond motifs is 1. The van der Waals surface area contributed by atoms with Crippen molar-refractivity contribution >= 4 is 40.1 Å². The van der Waals surface area contributed by atoms with Gasteiger partial charge in [-0.2, -0.15) is 0 Å². The van der Waals surface area contributed by atoms with Crippen LogP contribution in [-0.4, -0.2) is 17.6 Å². The molecular weight excluding hydrogens is 249 g/mol. The molecule has 0 fully saturated rings. The van der Waals surface area contributed by atoms with Crippen molar-refractivity contribution in [2.45, 2.75) is 6.92 Å². The molecule has 0 spiro atoms. The van der Waals surface area contributed by atoms with Crippen LogP contribution in [0.5, 0.6) is 0 Å². The molecule has 0 aliphatic rings. The lowest BCUT2D eigenvalue weighted by Crippen LogP contribution is -2.03. The van der Waals surface area contributed by atoms with Crippen molar-refractivity contribution in [3.8, 4) is 0 Å². The summed E-state index contributed by atoms with van der Waals surface area (Å²) < 4.78 is 4.93. The molecule has 1 heterocycles. The monoisotopic (exact) mass is 257 g/mol. The van der Waals surface area contributed by atoms with Gasteiger partial charge in [0.25, 0.3) is 0 Å². The second-order valence-corrected chi connectivity index (χ2v) is 4.08. The summed E-state index contributed by atoms with van der Waals surface area (Å²) in [5.41, 5.74) is 1.13. The Labute approximate surface area is 102 Å². The maximum Gasteiger partial charge on any atom is 0.340 e. The van der Waals surface area contributed by atoms with Gasteiger partial charge in [-0.1, -0.05) is 23.2 Å². The van der Waals surface area contributed by atoms with E-state index in [1.165, 1.54) is 0 Å². The van der Waals surface area contributed by atoms with Gasteiger partial charge in [-0.15, -0.1) is 0 Å². The number of halogens is 2. The third-order valence-electron chi connectivity index (χ3n) is 2.20. The van der Waals surface area contributed by atoms with Crippen LogP contribution in [0.3, 0.4) is 0 Å². The zero-order valence-electron chi connectivity index (χ0n) is 8.51. The standard InChI is InChI=1S/C11H9Cl2NO2/c1-2-16-11(15)8-5-14-10-7(8)3-6(12)4-9(10)13/h3-5,14H,2H2,1H3. The number of aromatic nitrogens is 1. The van der Waals surface area contributed by atoms with Crippen LogP contribution < -0.4 is 0 Å². The van der Waals surface area contributed by atoms with Crippen LogP contribution in [0.15, 0.2) is 18.3 Å². The zero-order valence-corrected chi connectivity index (χ0v) is 10.0. The molecule has 1 aromatic carbocycles. The first-order valence-electron chi connectivity index (χ1n) is 4.76. The number of hydrogen-bond donors (Lipinski definition) is 1. The summed E-state index contributed by atoms with van der Waals surface area (Å²) in [7, 11) is 0. The summed E-state index contributed by atoms with van der Waals surface area (Å²) in [5, 5.41) is 1.65. The fourth-order valence-corrected chi connectivity index (χ4v) is 2.08. The molecule has 2 rings (SSSR count). The highest BCUT2D eigenvalue weighted by Gasteiger charge is 2.15. The number of carbonyl (C=O) groups is 1. The first kappa shape index (κ1) is 11.3. The van der Waals surface area contributed by atoms with Crippen LogP contribution in [0.1, 0.15) is 17.3 Å². The molecule has 3 nitrogen and oxygen atoms in total. The van der Waals surface area contributed by atoms with Gasteiger partial charge in [0.2, 0.25) is 0 Å². The van der Waals surface area contributed by atoms with Crippen LogP contribution in [0.25, 0.3) is 10.9 Å². The Hall–Kier alpha value is -1.19. The number of ether oxygens (including phenoxy) is 1. The Kier molecular flexibility index (Phi) is 3.08. The SMILES string of the molecule is CCOC(=O)c1c[nH]c2c(Cl)cc(Cl)cc12. The predicted molar refractivity (Wildman–Crippen MR) is 64.3 cm³/mol. The molecule has 2 aromatic rings. The van der Waals surface area contributed by atoms with E-state index >= 15 is 0 Å². The van der Waals surface area contributed by atoms with E-state index in [0.29, 0.717) is 33.1 Å². The van der Waals surface area contributed by atoms with Crippen molar-refractivity contribution in [2.75, 3.05) is 6.61 Å². The normalized spacial score (nSPS) is 10.7. The molecule has 0 amide bonds. The highest BCUT2D eigenvalue weighted by Crippen LogP contribution is 2.29. The quantitative estimate of drug-likeness (QED) is 0.835. The number of esters is 1. The number of nitrogens with one attached hydrogen (secondary N) is 1. The van der Waals surface area contributed by atoms with E-state index in [9.17, 15) is 4.79 Å². The average Bonchev–Trinajstić information content (AvgIpc) is 2.61. The summed E-state index contributed by atoms with van der Waals surface area (Å²) in [6, 6.07) is 3.31. The van der Waals surface area contributed by atoms with Crippen LogP contribution in [0, 0.1) is 0 Å². The van der Waals surface area contributed by atoms with Crippen LogP contribution in [-0.2, 0) is 4.74 Å². The minimum atomic E-state index is -0.382. The number of carbonyl (C=O) groups excluding carboxylic acids is 1. The van der Waals surface area contributed by atoms with E-state index in [2.05, 4.69) is 4.98 Å². The van der Waals surface area contributed by atoms with E-state index in [0.717, 1.165) is 0 Å². The Morgan fingerprint density at radius 3 is 2.88 bits per heavy atom. The van der Waals surface area contributed by atoms with E-state index in [-0.39, 0.29) is 5.97 Å². The highest BCUT2D eigenvalue weighted by atomic mass is 35.5. The lowest BCUT2D eigenvalue weighted by Gasteiger charge is -2.00. The van der Waals surface area contributed by atoms with Gasteiger partial charge in [-0.25, -0.2) is 4.79 Å². The fraction of sp³-hybridized carbons (Fsp3) is 0.182. The maximum atomic E-state index is 11.6. The molecule has 0 aliphatic carbocycles. The van der Waals surface area contributed by atoms with Gasteiger partial charge in [0.15, 0.2) is 0 Å². The minimum Gasteiger partial charge on any atom is -0.462 e. The molecule has 5 heteroatoms. The number of H-pyrrole nitrogens is 1. The first-order chi connectivity index (χ1) is 7.63. The number of aromatic amines is 1. The molecule has 0 atom stereocenters. The van der Waals surface area contributed by atoms with Crippen molar-refractivity contribution in [3.05, 3.63) is 33.9 Å². The molecule has 0 aliphatic heterocycles. The number of rotatable bonds is 2. The van der Waals surface area contributed by atoms with E-state index in [4.69, 9.17) is 27.9 Å². The van der Waals surface area contributed by atoms with Crippen LogP contribution >= 0.6 is 23.2 Å². The van der Waals surface area contributed by atoms with Gasteiger partial charge in [-0.05, 0) is 19.1 Å². The minimum absolute atomic E-state index is 0.333. The molecular formula is C11H9Cl2NO2. The molecule has 0 saturated carbocycles. The predicted octanol–water partition coefficient (Wildman–Crippen LogP) is 3.65. The molecule has 0 saturated heterocycles. The highest BCUT2D eigenvalue weighted by molar-refractivity contribution is 6.38. The average molecular weight is 258 g/mol. The third-order valence-corrected chi connectivity index (χ3v) is 2.72. The fourth-order valence-electron chi connectivity index (χ4n) is 1.53. The van der Waals surface area contributed by atoms with E-state index in [1.807, 2.05) is 0 Å². The van der Waals surface area contributed by atoms with Gasteiger partial charge in [0.05, 0.1) is 22.7 Å². The van der Waals surface area contributed by atoms with Crippen molar-refractivity contribution in [1.29, 1.82) is 0 Å². The van der Waals surface area contributed by atoms with Crippen molar-refractivity contribution in [3.63, 3.8) is 0 Å². The second-order valence-electron chi connectivity index (χ2n) is 3.23. The Balaban J connectivity index is 2.60. The Bertz CT molecular complexity index is 548. The Morgan fingerprint density at radius 1 is 1.44 bits per heavy atom.